The van der Waals surface area contributed by atoms with E-state index in [1.807, 2.05) is 71.6 Å². The molecule has 1 saturated heterocycles. The molecule has 1 atom stereocenters. The molecular formula is C28H30N2O3S. The zero-order chi connectivity index (χ0) is 24.1. The second-order valence-electron chi connectivity index (χ2n) is 9.38. The molecule has 6 heteroatoms. The van der Waals surface area contributed by atoms with Gasteiger partial charge < -0.3 is 10.1 Å². The van der Waals surface area contributed by atoms with Crippen LogP contribution in [-0.2, 0) is 26.3 Å². The van der Waals surface area contributed by atoms with E-state index in [2.05, 4.69) is 38.2 Å². The molecule has 4 rings (SSSR count). The number of ether oxygens (including phenoxy) is 1. The summed E-state index contributed by atoms with van der Waals surface area (Å²) in [5, 5.41) is 2.77. The van der Waals surface area contributed by atoms with Gasteiger partial charge in [-0.15, -0.1) is 11.8 Å². The van der Waals surface area contributed by atoms with Gasteiger partial charge in [0, 0.05) is 11.4 Å². The quantitative estimate of drug-likeness (QED) is 0.462. The highest BCUT2D eigenvalue weighted by molar-refractivity contribution is 8.00. The van der Waals surface area contributed by atoms with Gasteiger partial charge in [-0.3, -0.25) is 14.5 Å². The van der Waals surface area contributed by atoms with E-state index in [-0.39, 0.29) is 29.2 Å². The fourth-order valence-corrected chi connectivity index (χ4v) is 5.04. The van der Waals surface area contributed by atoms with Crippen molar-refractivity contribution in [2.24, 2.45) is 0 Å². The number of nitrogens with zero attached hydrogens (tertiary/aromatic N) is 1. The lowest BCUT2D eigenvalue weighted by Crippen LogP contribution is -2.28. The van der Waals surface area contributed by atoms with Crippen LogP contribution in [0.4, 0.5) is 11.4 Å². The molecule has 3 aromatic rings. The number of carbonyl (C=O) groups excluding carboxylic acids is 2. The Morgan fingerprint density at radius 1 is 1.03 bits per heavy atom. The van der Waals surface area contributed by atoms with E-state index < -0.39 is 0 Å². The smallest absolute Gasteiger partial charge is 0.250 e. The van der Waals surface area contributed by atoms with Crippen molar-refractivity contribution in [2.75, 3.05) is 22.6 Å². The summed E-state index contributed by atoms with van der Waals surface area (Å²) < 4.78 is 5.54. The van der Waals surface area contributed by atoms with Gasteiger partial charge in [0.2, 0.25) is 11.8 Å². The molecule has 1 N–H and O–H groups in total. The van der Waals surface area contributed by atoms with Gasteiger partial charge in [0.05, 0.1) is 12.4 Å². The van der Waals surface area contributed by atoms with Gasteiger partial charge in [-0.05, 0) is 46.4 Å². The van der Waals surface area contributed by atoms with Gasteiger partial charge in [0.25, 0.3) is 0 Å². The van der Waals surface area contributed by atoms with Crippen LogP contribution >= 0.6 is 11.8 Å². The van der Waals surface area contributed by atoms with Crippen molar-refractivity contribution < 1.29 is 14.3 Å². The Bertz CT molecular complexity index is 1140. The van der Waals surface area contributed by atoms with Crippen molar-refractivity contribution in [1.82, 2.24) is 0 Å². The largest absolute Gasteiger partial charge is 0.367 e. The van der Waals surface area contributed by atoms with E-state index in [1.165, 1.54) is 5.56 Å². The van der Waals surface area contributed by atoms with Gasteiger partial charge in [0.1, 0.15) is 12.0 Å². The van der Waals surface area contributed by atoms with Crippen LogP contribution in [0.1, 0.15) is 42.8 Å². The van der Waals surface area contributed by atoms with E-state index in [0.717, 1.165) is 16.8 Å². The van der Waals surface area contributed by atoms with E-state index in [0.29, 0.717) is 18.0 Å². The van der Waals surface area contributed by atoms with Crippen molar-refractivity contribution in [3.8, 4) is 0 Å². The number of thioether (sulfide) groups is 1. The third-order valence-electron chi connectivity index (χ3n) is 5.68. The Morgan fingerprint density at radius 2 is 1.76 bits per heavy atom. The van der Waals surface area contributed by atoms with E-state index in [1.54, 1.807) is 11.8 Å². The third-order valence-corrected chi connectivity index (χ3v) is 6.89. The number of hydrogen-bond acceptors (Lipinski definition) is 4. The van der Waals surface area contributed by atoms with Crippen LogP contribution in [0.15, 0.2) is 78.9 Å². The minimum Gasteiger partial charge on any atom is -0.367 e. The van der Waals surface area contributed by atoms with Gasteiger partial charge in [-0.25, -0.2) is 0 Å². The van der Waals surface area contributed by atoms with Gasteiger partial charge >= 0.3 is 0 Å². The number of anilines is 2. The summed E-state index contributed by atoms with van der Waals surface area (Å²) in [7, 11) is 0. The molecule has 1 aliphatic rings. The van der Waals surface area contributed by atoms with E-state index in [4.69, 9.17) is 4.74 Å². The summed E-state index contributed by atoms with van der Waals surface area (Å²) in [6, 6.07) is 25.7. The van der Waals surface area contributed by atoms with Gasteiger partial charge in [-0.1, -0.05) is 75.4 Å². The van der Waals surface area contributed by atoms with Crippen LogP contribution in [0.3, 0.4) is 0 Å². The number of amides is 2. The van der Waals surface area contributed by atoms with Crippen molar-refractivity contribution in [1.29, 1.82) is 0 Å². The number of hydrogen-bond donors (Lipinski definition) is 1. The first-order valence-corrected chi connectivity index (χ1v) is 12.4. The second kappa shape index (κ2) is 10.5. The Hall–Kier alpha value is -3.09. The lowest BCUT2D eigenvalue weighted by molar-refractivity contribution is -0.121. The first-order chi connectivity index (χ1) is 16.3. The lowest BCUT2D eigenvalue weighted by Gasteiger charge is -2.26. The average Bonchev–Trinajstić information content (AvgIpc) is 3.21. The molecule has 5 nitrogen and oxygen atoms in total. The van der Waals surface area contributed by atoms with Crippen LogP contribution in [0.25, 0.3) is 0 Å². The zero-order valence-corrected chi connectivity index (χ0v) is 20.6. The van der Waals surface area contributed by atoms with E-state index in [9.17, 15) is 9.59 Å². The van der Waals surface area contributed by atoms with Crippen LogP contribution in [0, 0.1) is 0 Å². The molecule has 1 heterocycles. The highest BCUT2D eigenvalue weighted by Crippen LogP contribution is 2.42. The molecule has 0 spiro atoms. The Kier molecular flexibility index (Phi) is 7.39. The Morgan fingerprint density at radius 3 is 2.47 bits per heavy atom. The second-order valence-corrected chi connectivity index (χ2v) is 10.4. The fraction of sp³-hybridized carbons (Fsp3) is 0.286. The highest BCUT2D eigenvalue weighted by atomic mass is 32.2. The Balaban J connectivity index is 1.42. The van der Waals surface area contributed by atoms with Crippen molar-refractivity contribution in [3.05, 3.63) is 95.6 Å². The van der Waals surface area contributed by atoms with Crippen molar-refractivity contribution >= 4 is 35.0 Å². The third kappa shape index (κ3) is 5.88. The predicted octanol–water partition coefficient (Wildman–Crippen LogP) is 5.92. The Labute approximate surface area is 205 Å². The minimum absolute atomic E-state index is 0.0258. The zero-order valence-electron chi connectivity index (χ0n) is 19.8. The van der Waals surface area contributed by atoms with Crippen molar-refractivity contribution in [2.45, 2.75) is 38.2 Å². The standard InChI is InChI=1S/C28H30N2O3S/c1-28(2,3)22-12-14-24(15-13-22)30-26(32)19-34-27(30)21-10-7-11-23(16-21)29-25(31)18-33-17-20-8-5-4-6-9-20/h4-16,27H,17-19H2,1-3H3,(H,29,31). The first-order valence-electron chi connectivity index (χ1n) is 11.4. The minimum atomic E-state index is -0.210. The normalized spacial score (nSPS) is 16.0. The number of nitrogens with one attached hydrogen (secondary N) is 1. The monoisotopic (exact) mass is 474 g/mol. The maximum atomic E-state index is 12.8. The molecule has 34 heavy (non-hydrogen) atoms. The van der Waals surface area contributed by atoms with Gasteiger partial charge in [0.15, 0.2) is 0 Å². The summed E-state index contributed by atoms with van der Waals surface area (Å²) >= 11 is 1.59. The van der Waals surface area contributed by atoms with Gasteiger partial charge in [-0.2, -0.15) is 0 Å². The van der Waals surface area contributed by atoms with Crippen molar-refractivity contribution in [3.63, 3.8) is 0 Å². The molecule has 3 aromatic carbocycles. The maximum Gasteiger partial charge on any atom is 0.250 e. The molecule has 1 fully saturated rings. The molecule has 176 valence electrons. The summed E-state index contributed by atoms with van der Waals surface area (Å²) in [4.78, 5) is 27.0. The topological polar surface area (TPSA) is 58.6 Å². The lowest BCUT2D eigenvalue weighted by atomic mass is 9.87. The molecule has 0 bridgehead atoms. The van der Waals surface area contributed by atoms with Crippen LogP contribution < -0.4 is 10.2 Å². The first kappa shape index (κ1) is 24.0. The summed E-state index contributed by atoms with van der Waals surface area (Å²) in [5.74, 6) is 0.301. The molecule has 0 aliphatic carbocycles. The van der Waals surface area contributed by atoms with Crippen LogP contribution in [-0.4, -0.2) is 24.2 Å². The van der Waals surface area contributed by atoms with Crippen LogP contribution in [0.5, 0.6) is 0 Å². The molecule has 0 aromatic heterocycles. The highest BCUT2D eigenvalue weighted by Gasteiger charge is 2.34. The molecule has 2 amide bonds. The van der Waals surface area contributed by atoms with E-state index >= 15 is 0 Å². The molecule has 0 saturated carbocycles. The maximum absolute atomic E-state index is 12.8. The number of benzene rings is 3. The summed E-state index contributed by atoms with van der Waals surface area (Å²) in [6.07, 6.45) is 0. The van der Waals surface area contributed by atoms with Crippen LogP contribution in [0.2, 0.25) is 0 Å². The molecule has 0 radical (unpaired) electrons. The SMILES string of the molecule is CC(C)(C)c1ccc(N2C(=O)CSC2c2cccc(NC(=O)COCc3ccccc3)c2)cc1. The summed E-state index contributed by atoms with van der Waals surface area (Å²) in [5.41, 5.74) is 4.85. The number of rotatable bonds is 7. The molecule has 1 unspecified atom stereocenters. The fourth-order valence-electron chi connectivity index (χ4n) is 3.87. The molecular weight excluding hydrogens is 444 g/mol. The average molecular weight is 475 g/mol. The predicted molar refractivity (Wildman–Crippen MR) is 139 cm³/mol. The number of carbonyl (C=O) groups is 2. The molecule has 1 aliphatic heterocycles. The summed E-state index contributed by atoms with van der Waals surface area (Å²) in [6.45, 7) is 6.89.